The number of pyridine rings is 1. The number of carbonyl (C=O) groups excluding carboxylic acids is 2. The molecule has 0 saturated carbocycles. The third-order valence-electron chi connectivity index (χ3n) is 6.87. The second kappa shape index (κ2) is 11.1. The zero-order chi connectivity index (χ0) is 26.7. The minimum atomic E-state index is -4.41. The number of hydrogen-bond donors (Lipinski definition) is 1. The maximum absolute atomic E-state index is 12.9. The third kappa shape index (κ3) is 5.96. The van der Waals surface area contributed by atoms with Gasteiger partial charge in [0.15, 0.2) is 0 Å². The van der Waals surface area contributed by atoms with Crippen molar-refractivity contribution in [3.63, 3.8) is 0 Å². The predicted molar refractivity (Wildman–Crippen MR) is 141 cm³/mol. The molecule has 38 heavy (non-hydrogen) atoms. The van der Waals surface area contributed by atoms with E-state index in [-0.39, 0.29) is 11.8 Å². The third-order valence-corrected chi connectivity index (χ3v) is 7.92. The Morgan fingerprint density at radius 2 is 1.92 bits per heavy atom. The largest absolute Gasteiger partial charge is 0.416 e. The topological polar surface area (TPSA) is 66.7 Å². The number of benzene rings is 1. The number of nitrogens with zero attached hydrogens (tertiary/aromatic N) is 3. The summed E-state index contributed by atoms with van der Waals surface area (Å²) in [5.41, 5.74) is 1.37. The molecule has 2 aliphatic heterocycles. The molecule has 5 rings (SSSR count). The van der Waals surface area contributed by atoms with Crippen LogP contribution in [-0.4, -0.2) is 45.7 Å². The molecule has 0 unspecified atom stereocenters. The molecular formula is C28H27F3N4O2S. The number of hydrogen-bond acceptors (Lipinski definition) is 4. The van der Waals surface area contributed by atoms with E-state index in [2.05, 4.69) is 10.3 Å². The SMILES string of the molecule is O=C(NCCCC1CCN(C(=O)/C=C/c2cccc(C(F)(F)F)c2)CC1)C1=Cc2cnc3cccc(n23)S1. The normalized spacial score (nSPS) is 16.2. The Kier molecular flexibility index (Phi) is 7.60. The molecule has 3 aromatic rings. The second-order valence-electron chi connectivity index (χ2n) is 9.47. The molecule has 0 bridgehead atoms. The van der Waals surface area contributed by atoms with E-state index in [9.17, 15) is 22.8 Å². The minimum absolute atomic E-state index is 0.0903. The van der Waals surface area contributed by atoms with Crippen molar-refractivity contribution in [2.24, 2.45) is 5.92 Å². The lowest BCUT2D eigenvalue weighted by Crippen LogP contribution is -2.37. The van der Waals surface area contributed by atoms with Gasteiger partial charge in [-0.3, -0.25) is 14.0 Å². The number of nitrogens with one attached hydrogen (secondary N) is 1. The number of halogens is 3. The number of rotatable bonds is 7. The molecule has 0 aliphatic carbocycles. The van der Waals surface area contributed by atoms with Crippen LogP contribution in [-0.2, 0) is 15.8 Å². The number of carbonyl (C=O) groups is 2. The van der Waals surface area contributed by atoms with Crippen molar-refractivity contribution < 1.29 is 22.8 Å². The van der Waals surface area contributed by atoms with Crippen molar-refractivity contribution in [2.45, 2.75) is 36.9 Å². The van der Waals surface area contributed by atoms with Gasteiger partial charge in [-0.1, -0.05) is 30.0 Å². The molecular weight excluding hydrogens is 513 g/mol. The number of alkyl halides is 3. The number of aromatic nitrogens is 2. The van der Waals surface area contributed by atoms with E-state index in [1.165, 1.54) is 30.0 Å². The highest BCUT2D eigenvalue weighted by Gasteiger charge is 2.30. The number of likely N-dealkylation sites (tertiary alicyclic amines) is 1. The number of piperidine rings is 1. The minimum Gasteiger partial charge on any atom is -0.352 e. The molecule has 0 spiro atoms. The van der Waals surface area contributed by atoms with Gasteiger partial charge in [0, 0.05) is 25.7 Å². The molecule has 1 fully saturated rings. The molecule has 2 amide bonds. The molecule has 1 N–H and O–H groups in total. The van der Waals surface area contributed by atoms with Crippen molar-refractivity contribution in [3.05, 3.63) is 76.5 Å². The summed E-state index contributed by atoms with van der Waals surface area (Å²) >= 11 is 1.43. The summed E-state index contributed by atoms with van der Waals surface area (Å²) in [5.74, 6) is 0.189. The number of amides is 2. The quantitative estimate of drug-likeness (QED) is 0.311. The van der Waals surface area contributed by atoms with E-state index in [1.807, 2.05) is 28.7 Å². The summed E-state index contributed by atoms with van der Waals surface area (Å²) in [6.07, 6.45) is 5.54. The van der Waals surface area contributed by atoms with Gasteiger partial charge < -0.3 is 10.2 Å². The lowest BCUT2D eigenvalue weighted by molar-refractivity contribution is -0.137. The lowest BCUT2D eigenvalue weighted by Gasteiger charge is -2.31. The van der Waals surface area contributed by atoms with Crippen molar-refractivity contribution in [1.29, 1.82) is 0 Å². The molecule has 198 valence electrons. The van der Waals surface area contributed by atoms with E-state index in [0.717, 1.165) is 54.2 Å². The fraction of sp³-hybridized carbons (Fsp3) is 0.321. The molecule has 4 heterocycles. The van der Waals surface area contributed by atoms with E-state index in [1.54, 1.807) is 17.2 Å². The Morgan fingerprint density at radius 1 is 1.13 bits per heavy atom. The molecule has 1 saturated heterocycles. The van der Waals surface area contributed by atoms with Crippen molar-refractivity contribution in [1.82, 2.24) is 19.6 Å². The summed E-state index contributed by atoms with van der Waals surface area (Å²) in [7, 11) is 0. The molecule has 2 aliphatic rings. The van der Waals surface area contributed by atoms with Crippen molar-refractivity contribution in [2.75, 3.05) is 19.6 Å². The average Bonchev–Trinajstić information content (AvgIpc) is 3.34. The van der Waals surface area contributed by atoms with E-state index >= 15 is 0 Å². The molecule has 0 atom stereocenters. The van der Waals surface area contributed by atoms with Gasteiger partial charge in [-0.25, -0.2) is 4.98 Å². The fourth-order valence-corrected chi connectivity index (χ4v) is 5.82. The molecule has 1 aromatic carbocycles. The molecule has 0 radical (unpaired) electrons. The van der Waals surface area contributed by atoms with Gasteiger partial charge in [-0.15, -0.1) is 0 Å². The summed E-state index contributed by atoms with van der Waals surface area (Å²) in [6.45, 7) is 1.82. The zero-order valence-corrected chi connectivity index (χ0v) is 21.4. The second-order valence-corrected chi connectivity index (χ2v) is 10.5. The van der Waals surface area contributed by atoms with Crippen LogP contribution >= 0.6 is 11.8 Å². The Hall–Kier alpha value is -3.53. The zero-order valence-electron chi connectivity index (χ0n) is 20.6. The van der Waals surface area contributed by atoms with Gasteiger partial charge in [-0.05, 0) is 73.6 Å². The van der Waals surface area contributed by atoms with E-state index in [4.69, 9.17) is 0 Å². The molecule has 2 aromatic heterocycles. The Bertz CT molecular complexity index is 1400. The summed E-state index contributed by atoms with van der Waals surface area (Å²) in [5, 5.41) is 3.98. The molecule has 10 heteroatoms. The number of imidazole rings is 1. The van der Waals surface area contributed by atoms with Crippen LogP contribution in [0.25, 0.3) is 17.8 Å². The highest BCUT2D eigenvalue weighted by atomic mass is 32.2. The van der Waals surface area contributed by atoms with Crippen LogP contribution in [0.4, 0.5) is 13.2 Å². The predicted octanol–water partition coefficient (Wildman–Crippen LogP) is 5.65. The van der Waals surface area contributed by atoms with Gasteiger partial charge in [0.05, 0.1) is 27.4 Å². The average molecular weight is 541 g/mol. The fourth-order valence-electron chi connectivity index (χ4n) is 4.81. The Morgan fingerprint density at radius 3 is 2.71 bits per heavy atom. The lowest BCUT2D eigenvalue weighted by atomic mass is 9.92. The summed E-state index contributed by atoms with van der Waals surface area (Å²) in [6, 6.07) is 10.8. The Balaban J connectivity index is 1.03. The maximum Gasteiger partial charge on any atom is 0.416 e. The summed E-state index contributed by atoms with van der Waals surface area (Å²) in [4.78, 5) is 32.0. The van der Waals surface area contributed by atoms with Crippen LogP contribution in [0.2, 0.25) is 0 Å². The van der Waals surface area contributed by atoms with Gasteiger partial charge >= 0.3 is 6.18 Å². The van der Waals surface area contributed by atoms with Crippen LogP contribution in [0.5, 0.6) is 0 Å². The smallest absolute Gasteiger partial charge is 0.352 e. The monoisotopic (exact) mass is 540 g/mol. The van der Waals surface area contributed by atoms with Crippen LogP contribution < -0.4 is 5.32 Å². The first kappa shape index (κ1) is 26.1. The first-order valence-corrected chi connectivity index (χ1v) is 13.4. The van der Waals surface area contributed by atoms with E-state index < -0.39 is 11.7 Å². The van der Waals surface area contributed by atoms with Gasteiger partial charge in [-0.2, -0.15) is 13.2 Å². The summed E-state index contributed by atoms with van der Waals surface area (Å²) < 4.78 is 40.7. The highest BCUT2D eigenvalue weighted by Crippen LogP contribution is 2.34. The van der Waals surface area contributed by atoms with Gasteiger partial charge in [0.1, 0.15) is 5.65 Å². The van der Waals surface area contributed by atoms with Crippen LogP contribution in [0.15, 0.2) is 64.7 Å². The van der Waals surface area contributed by atoms with Crippen molar-refractivity contribution >= 4 is 41.4 Å². The highest BCUT2D eigenvalue weighted by molar-refractivity contribution is 8.04. The van der Waals surface area contributed by atoms with E-state index in [0.29, 0.717) is 36.0 Å². The van der Waals surface area contributed by atoms with Crippen LogP contribution in [0.1, 0.15) is 42.5 Å². The van der Waals surface area contributed by atoms with Crippen LogP contribution in [0.3, 0.4) is 0 Å². The first-order chi connectivity index (χ1) is 18.3. The Labute approximate surface area is 222 Å². The van der Waals surface area contributed by atoms with Gasteiger partial charge in [0.2, 0.25) is 5.91 Å². The standard InChI is InChI=1S/C28H27F3N4O2S/c29-28(30,31)21-6-1-4-20(16-21)9-10-25(36)34-14-11-19(12-15-34)5-3-13-32-27(37)23-17-22-18-33-24-7-2-8-26(38-23)35(22)24/h1-2,4,6-10,16-19H,3,5,11-15H2,(H,32,37)/b10-9+. The van der Waals surface area contributed by atoms with Gasteiger partial charge in [0.25, 0.3) is 5.91 Å². The molecule has 6 nitrogen and oxygen atoms in total. The maximum atomic E-state index is 12.9. The van der Waals surface area contributed by atoms with Crippen LogP contribution in [0, 0.1) is 5.92 Å². The van der Waals surface area contributed by atoms with Crippen molar-refractivity contribution in [3.8, 4) is 0 Å². The number of thioether (sulfide) groups is 1. The first-order valence-electron chi connectivity index (χ1n) is 12.6.